The van der Waals surface area contributed by atoms with Crippen molar-refractivity contribution in [2.24, 2.45) is 0 Å². The van der Waals surface area contributed by atoms with Crippen LogP contribution in [0.1, 0.15) is 17.3 Å². The van der Waals surface area contributed by atoms with E-state index in [-0.39, 0.29) is 22.6 Å². The van der Waals surface area contributed by atoms with Crippen molar-refractivity contribution in [2.45, 2.75) is 6.92 Å². The SMILES string of the molecule is CC(=O)c1cc[c-]c2cnccc12.[Co]. The van der Waals surface area contributed by atoms with Gasteiger partial charge in [0.25, 0.3) is 0 Å². The molecule has 14 heavy (non-hydrogen) atoms. The van der Waals surface area contributed by atoms with Crippen molar-refractivity contribution in [3.05, 3.63) is 42.2 Å². The summed E-state index contributed by atoms with van der Waals surface area (Å²) in [5, 5.41) is 1.81. The van der Waals surface area contributed by atoms with E-state index in [1.165, 1.54) is 0 Å². The summed E-state index contributed by atoms with van der Waals surface area (Å²) in [7, 11) is 0. The van der Waals surface area contributed by atoms with Crippen molar-refractivity contribution in [1.29, 1.82) is 0 Å². The van der Waals surface area contributed by atoms with Gasteiger partial charge in [-0.15, -0.1) is 23.6 Å². The van der Waals surface area contributed by atoms with Gasteiger partial charge in [0.15, 0.2) is 0 Å². The number of pyridine rings is 1. The third-order valence-electron chi connectivity index (χ3n) is 1.98. The van der Waals surface area contributed by atoms with Crippen LogP contribution >= 0.6 is 0 Å². The maximum absolute atomic E-state index is 11.2. The van der Waals surface area contributed by atoms with Gasteiger partial charge in [0.05, 0.1) is 0 Å². The molecule has 0 aliphatic carbocycles. The fraction of sp³-hybridized carbons (Fsp3) is 0.0909. The molecule has 1 aromatic heterocycles. The zero-order valence-corrected chi connectivity index (χ0v) is 8.62. The largest absolute Gasteiger partial charge is 0.313 e. The number of ketones is 1. The van der Waals surface area contributed by atoms with E-state index >= 15 is 0 Å². The van der Waals surface area contributed by atoms with Crippen LogP contribution in [0.25, 0.3) is 10.8 Å². The molecular weight excluding hydrogens is 221 g/mol. The minimum atomic E-state index is 0. The quantitative estimate of drug-likeness (QED) is 0.554. The standard InChI is InChI=1S/C11H8NO.Co/c1-8(13)10-4-2-3-9-7-12-6-5-11(9)10;/h2,4-7H,1H3;/q-1;. The van der Waals surface area contributed by atoms with Crippen LogP contribution in [0, 0.1) is 6.07 Å². The minimum absolute atomic E-state index is 0. The van der Waals surface area contributed by atoms with E-state index < -0.39 is 0 Å². The van der Waals surface area contributed by atoms with Crippen molar-refractivity contribution < 1.29 is 21.6 Å². The summed E-state index contributed by atoms with van der Waals surface area (Å²) >= 11 is 0. The molecule has 0 atom stereocenters. The summed E-state index contributed by atoms with van der Waals surface area (Å²) in [5.74, 6) is 0.0743. The maximum Gasteiger partial charge on any atom is 0.142 e. The smallest absolute Gasteiger partial charge is 0.142 e. The maximum atomic E-state index is 11.2. The van der Waals surface area contributed by atoms with Gasteiger partial charge >= 0.3 is 0 Å². The predicted octanol–water partition coefficient (Wildman–Crippen LogP) is 2.24. The van der Waals surface area contributed by atoms with Crippen molar-refractivity contribution >= 4 is 16.6 Å². The molecule has 1 radical (unpaired) electrons. The Labute approximate surface area is 92.5 Å². The van der Waals surface area contributed by atoms with Crippen molar-refractivity contribution in [3.63, 3.8) is 0 Å². The van der Waals surface area contributed by atoms with Crippen molar-refractivity contribution in [2.75, 3.05) is 0 Å². The van der Waals surface area contributed by atoms with E-state index in [1.54, 1.807) is 31.5 Å². The molecular formula is C11H8CoNO-. The van der Waals surface area contributed by atoms with Gasteiger partial charge in [0.2, 0.25) is 0 Å². The monoisotopic (exact) mass is 229 g/mol. The average molecular weight is 229 g/mol. The normalized spacial score (nSPS) is 9.50. The van der Waals surface area contributed by atoms with E-state index in [4.69, 9.17) is 0 Å². The van der Waals surface area contributed by atoms with Crippen LogP contribution < -0.4 is 0 Å². The predicted molar refractivity (Wildman–Crippen MR) is 50.6 cm³/mol. The molecule has 1 aromatic carbocycles. The zero-order valence-electron chi connectivity index (χ0n) is 7.58. The van der Waals surface area contributed by atoms with Crippen LogP contribution in [0.2, 0.25) is 0 Å². The Morgan fingerprint density at radius 1 is 1.43 bits per heavy atom. The minimum Gasteiger partial charge on any atom is -0.313 e. The zero-order chi connectivity index (χ0) is 9.26. The Balaban J connectivity index is 0.000000980. The molecule has 0 amide bonds. The molecule has 3 heteroatoms. The third-order valence-corrected chi connectivity index (χ3v) is 1.98. The molecule has 0 fully saturated rings. The Morgan fingerprint density at radius 3 is 2.93 bits per heavy atom. The number of hydrogen-bond donors (Lipinski definition) is 0. The molecule has 0 unspecified atom stereocenters. The molecule has 0 aliphatic rings. The Hall–Kier alpha value is -1.19. The van der Waals surface area contributed by atoms with Gasteiger partial charge in [-0.2, -0.15) is 0 Å². The van der Waals surface area contributed by atoms with Crippen LogP contribution in [0.15, 0.2) is 30.6 Å². The summed E-state index contributed by atoms with van der Waals surface area (Å²) in [6, 6.07) is 8.40. The molecule has 2 rings (SSSR count). The average Bonchev–Trinajstić information content (AvgIpc) is 2.17. The van der Waals surface area contributed by atoms with Gasteiger partial charge in [0, 0.05) is 23.0 Å². The van der Waals surface area contributed by atoms with E-state index in [1.807, 2.05) is 6.07 Å². The molecule has 0 aliphatic heterocycles. The van der Waals surface area contributed by atoms with Gasteiger partial charge in [-0.05, 0) is 13.1 Å². The summed E-state index contributed by atoms with van der Waals surface area (Å²) in [6.07, 6.45) is 3.39. The Morgan fingerprint density at radius 2 is 2.21 bits per heavy atom. The molecule has 1 heterocycles. The fourth-order valence-corrected chi connectivity index (χ4v) is 1.36. The summed E-state index contributed by atoms with van der Waals surface area (Å²) in [4.78, 5) is 15.2. The molecule has 73 valence electrons. The molecule has 0 spiro atoms. The second-order valence-electron chi connectivity index (χ2n) is 2.87. The van der Waals surface area contributed by atoms with Gasteiger partial charge in [-0.1, -0.05) is 17.0 Å². The number of nitrogens with zero attached hydrogens (tertiary/aromatic N) is 1. The number of carbonyl (C=O) groups is 1. The molecule has 2 aromatic rings. The summed E-state index contributed by atoms with van der Waals surface area (Å²) < 4.78 is 0. The van der Waals surface area contributed by atoms with Crippen LogP contribution in [-0.4, -0.2) is 10.8 Å². The second kappa shape index (κ2) is 4.35. The topological polar surface area (TPSA) is 30.0 Å². The Kier molecular flexibility index (Phi) is 3.38. The van der Waals surface area contributed by atoms with Crippen LogP contribution in [0.5, 0.6) is 0 Å². The number of benzene rings is 1. The first-order chi connectivity index (χ1) is 6.29. The first-order valence-corrected chi connectivity index (χ1v) is 4.04. The van der Waals surface area contributed by atoms with Gasteiger partial charge < -0.3 is 4.98 Å². The van der Waals surface area contributed by atoms with Crippen molar-refractivity contribution in [3.8, 4) is 0 Å². The van der Waals surface area contributed by atoms with Gasteiger partial charge in [-0.25, -0.2) is 0 Å². The van der Waals surface area contributed by atoms with Crippen LogP contribution in [0.4, 0.5) is 0 Å². The molecule has 0 N–H and O–H groups in total. The number of carbonyl (C=O) groups excluding carboxylic acids is 1. The number of hydrogen-bond acceptors (Lipinski definition) is 2. The number of Topliss-reactive ketones (excluding diaryl/α,β-unsaturated/α-hetero) is 1. The first kappa shape index (κ1) is 10.9. The Bertz CT molecular complexity index is 462. The van der Waals surface area contributed by atoms with E-state index in [0.717, 1.165) is 16.3 Å². The van der Waals surface area contributed by atoms with Gasteiger partial charge in [-0.3, -0.25) is 4.79 Å². The summed E-state index contributed by atoms with van der Waals surface area (Å²) in [5.41, 5.74) is 0.733. The number of aromatic nitrogens is 1. The third kappa shape index (κ3) is 1.83. The number of fused-ring (bicyclic) bond motifs is 1. The van der Waals surface area contributed by atoms with E-state index in [9.17, 15) is 4.79 Å². The van der Waals surface area contributed by atoms with Crippen LogP contribution in [0.3, 0.4) is 0 Å². The van der Waals surface area contributed by atoms with Gasteiger partial charge in [0.1, 0.15) is 5.78 Å². The fourth-order valence-electron chi connectivity index (χ4n) is 1.36. The first-order valence-electron chi connectivity index (χ1n) is 4.04. The van der Waals surface area contributed by atoms with E-state index in [2.05, 4.69) is 11.1 Å². The molecule has 0 bridgehead atoms. The van der Waals surface area contributed by atoms with Crippen LogP contribution in [-0.2, 0) is 16.8 Å². The number of rotatable bonds is 1. The molecule has 0 saturated heterocycles. The second-order valence-corrected chi connectivity index (χ2v) is 2.87. The summed E-state index contributed by atoms with van der Waals surface area (Å²) in [6.45, 7) is 1.56. The van der Waals surface area contributed by atoms with E-state index in [0.29, 0.717) is 0 Å². The molecule has 0 saturated carbocycles. The molecule has 2 nitrogen and oxygen atoms in total. The van der Waals surface area contributed by atoms with Crippen molar-refractivity contribution in [1.82, 2.24) is 4.98 Å².